The number of hydrogen-bond donors (Lipinski definition) is 0. The maximum absolute atomic E-state index is 9.41. The minimum absolute atomic E-state index is 0.0310. The number of benzene rings is 10. The van der Waals surface area contributed by atoms with E-state index in [1.807, 2.05) is 84.9 Å². The molecule has 10 aromatic carbocycles. The van der Waals surface area contributed by atoms with Gasteiger partial charge in [0.05, 0.1) is 11.0 Å². The Balaban J connectivity index is 1.27. The standard InChI is InChI=1S/C48H30/c1-3-9-35-27-39(17-15-31(35)7-1)37-11-5-13-41(29-37)43-23-19-33-22-26-46-44(24-20-34-21-25-45(43)47(33)48(34)46)42-14-6-12-38(30-42)40-18-16-32-8-2-4-10-36(32)28-40/h1-30H/i19D,20D,21D,22D,23D,24D,25D,26D. The first-order valence-corrected chi connectivity index (χ1v) is 16.0. The Labute approximate surface area is 290 Å². The van der Waals surface area contributed by atoms with Crippen LogP contribution in [0.15, 0.2) is 182 Å². The molecule has 0 atom stereocenters. The molecule has 0 saturated carbocycles. The van der Waals surface area contributed by atoms with Gasteiger partial charge in [0.15, 0.2) is 0 Å². The van der Waals surface area contributed by atoms with Crippen molar-refractivity contribution in [2.24, 2.45) is 0 Å². The van der Waals surface area contributed by atoms with Crippen molar-refractivity contribution in [2.45, 2.75) is 0 Å². The average Bonchev–Trinajstić information content (AvgIpc) is 3.23. The van der Waals surface area contributed by atoms with Gasteiger partial charge in [0.2, 0.25) is 0 Å². The topological polar surface area (TPSA) is 0 Å². The first-order chi connectivity index (χ1) is 27.1. The lowest BCUT2D eigenvalue weighted by Gasteiger charge is -2.17. The van der Waals surface area contributed by atoms with Gasteiger partial charge in [-0.15, -0.1) is 0 Å². The molecule has 48 heavy (non-hydrogen) atoms. The van der Waals surface area contributed by atoms with E-state index in [2.05, 4.69) is 48.5 Å². The molecule has 0 heteroatoms. The monoisotopic (exact) mass is 614 g/mol. The van der Waals surface area contributed by atoms with E-state index < -0.39 is 0 Å². The Morgan fingerprint density at radius 2 is 0.667 bits per heavy atom. The summed E-state index contributed by atoms with van der Waals surface area (Å²) in [5.74, 6) is 0. The van der Waals surface area contributed by atoms with Gasteiger partial charge in [-0.25, -0.2) is 0 Å². The van der Waals surface area contributed by atoms with Gasteiger partial charge in [0.1, 0.15) is 0 Å². The summed E-state index contributed by atoms with van der Waals surface area (Å²) in [5, 5.41) is 5.47. The normalized spacial score (nSPS) is 14.1. The molecule has 222 valence electrons. The summed E-state index contributed by atoms with van der Waals surface area (Å²) in [6, 6.07) is 41.8. The Bertz CT molecular complexity index is 3070. The zero-order valence-corrected chi connectivity index (χ0v) is 25.7. The van der Waals surface area contributed by atoms with Crippen LogP contribution in [0.3, 0.4) is 0 Å². The van der Waals surface area contributed by atoms with Crippen LogP contribution in [0.5, 0.6) is 0 Å². The summed E-state index contributed by atoms with van der Waals surface area (Å²) in [6.07, 6.45) is 0. The third-order valence-electron chi connectivity index (χ3n) is 9.47. The van der Waals surface area contributed by atoms with Crippen LogP contribution < -0.4 is 0 Å². The van der Waals surface area contributed by atoms with E-state index in [0.29, 0.717) is 21.9 Å². The van der Waals surface area contributed by atoms with Gasteiger partial charge in [-0.05, 0) is 123 Å². The van der Waals surface area contributed by atoms with Crippen LogP contribution in [-0.4, -0.2) is 0 Å². The Kier molecular flexibility index (Phi) is 4.46. The lowest BCUT2D eigenvalue weighted by atomic mass is 9.86. The van der Waals surface area contributed by atoms with Crippen molar-refractivity contribution in [1.29, 1.82) is 0 Å². The first-order valence-electron chi connectivity index (χ1n) is 20.0. The smallest absolute Gasteiger partial charge is 0.0616 e. The summed E-state index contributed by atoms with van der Waals surface area (Å²) >= 11 is 0. The highest BCUT2D eigenvalue weighted by atomic mass is 14.2. The van der Waals surface area contributed by atoms with Gasteiger partial charge in [-0.2, -0.15) is 0 Å². The number of hydrogen-bond acceptors (Lipinski definition) is 0. The predicted molar refractivity (Wildman–Crippen MR) is 207 cm³/mol. The molecular weight excluding hydrogens is 577 g/mol. The minimum Gasteiger partial charge on any atom is -0.0616 e. The lowest BCUT2D eigenvalue weighted by molar-refractivity contribution is 1.62. The van der Waals surface area contributed by atoms with E-state index in [4.69, 9.17) is 0 Å². The van der Waals surface area contributed by atoms with Gasteiger partial charge in [-0.3, -0.25) is 0 Å². The third-order valence-corrected chi connectivity index (χ3v) is 9.47. The molecule has 0 nitrogen and oxygen atoms in total. The fourth-order valence-corrected chi connectivity index (χ4v) is 7.07. The minimum atomic E-state index is -0.292. The fourth-order valence-electron chi connectivity index (χ4n) is 7.07. The molecule has 0 aliphatic heterocycles. The van der Waals surface area contributed by atoms with Gasteiger partial charge in [0, 0.05) is 0 Å². The largest absolute Gasteiger partial charge is 0.0630 e. The molecule has 0 aliphatic carbocycles. The maximum Gasteiger partial charge on any atom is 0.0630 e. The maximum atomic E-state index is 9.41. The number of fused-ring (bicyclic) bond motifs is 2. The van der Waals surface area contributed by atoms with E-state index in [1.165, 1.54) is 0 Å². The molecule has 0 aromatic heterocycles. The highest BCUT2D eigenvalue weighted by Crippen LogP contribution is 2.43. The second-order valence-electron chi connectivity index (χ2n) is 12.3. The van der Waals surface area contributed by atoms with E-state index in [1.54, 1.807) is 0 Å². The van der Waals surface area contributed by atoms with E-state index in [0.717, 1.165) is 43.8 Å². The van der Waals surface area contributed by atoms with Crippen molar-refractivity contribution in [2.75, 3.05) is 0 Å². The summed E-state index contributed by atoms with van der Waals surface area (Å²) in [4.78, 5) is 0. The van der Waals surface area contributed by atoms with E-state index in [9.17, 15) is 11.0 Å². The molecule has 0 aliphatic rings. The van der Waals surface area contributed by atoms with Crippen LogP contribution in [0.4, 0.5) is 0 Å². The zero-order valence-electron chi connectivity index (χ0n) is 33.7. The fraction of sp³-hybridized carbons (Fsp3) is 0. The van der Waals surface area contributed by atoms with Crippen molar-refractivity contribution >= 4 is 53.9 Å². The van der Waals surface area contributed by atoms with Gasteiger partial charge in [-0.1, -0.05) is 158 Å². The quantitative estimate of drug-likeness (QED) is 0.173. The average molecular weight is 615 g/mol. The highest BCUT2D eigenvalue weighted by molar-refractivity contribution is 6.27. The molecule has 0 saturated heterocycles. The molecule has 10 rings (SSSR count). The van der Waals surface area contributed by atoms with E-state index >= 15 is 0 Å². The molecule has 0 fully saturated rings. The van der Waals surface area contributed by atoms with Crippen molar-refractivity contribution in [3.05, 3.63) is 182 Å². The molecule has 0 spiro atoms. The first kappa shape index (κ1) is 20.1. The van der Waals surface area contributed by atoms with Gasteiger partial charge >= 0.3 is 0 Å². The second-order valence-corrected chi connectivity index (χ2v) is 12.3. The summed E-state index contributed by atoms with van der Waals surface area (Å²) in [7, 11) is 0. The zero-order chi connectivity index (χ0) is 38.6. The van der Waals surface area contributed by atoms with E-state index in [-0.39, 0.29) is 81.0 Å². The van der Waals surface area contributed by atoms with Crippen LogP contribution in [0.2, 0.25) is 0 Å². The SMILES string of the molecule is [2H]c1c([2H])c2c([2H])c([2H])c3c(-c4cccc(-c5ccc6ccccc6c5)c4)c([2H])c([2H])c4c([2H])c([2H])c(c1-c1cccc(-c5ccc6ccccc6c5)c1)c2c43. The Morgan fingerprint density at radius 3 is 1.15 bits per heavy atom. The summed E-state index contributed by atoms with van der Waals surface area (Å²) in [5.41, 5.74) is 5.38. The second kappa shape index (κ2) is 10.7. The van der Waals surface area contributed by atoms with Crippen LogP contribution in [0.1, 0.15) is 11.0 Å². The molecular formula is C48H30. The molecule has 0 heterocycles. The van der Waals surface area contributed by atoms with Crippen molar-refractivity contribution in [1.82, 2.24) is 0 Å². The Morgan fingerprint density at radius 1 is 0.271 bits per heavy atom. The molecule has 0 N–H and O–H groups in total. The van der Waals surface area contributed by atoms with Crippen molar-refractivity contribution < 1.29 is 11.0 Å². The van der Waals surface area contributed by atoms with Crippen LogP contribution in [0, 0.1) is 0 Å². The van der Waals surface area contributed by atoms with Crippen LogP contribution >= 0.6 is 0 Å². The molecule has 0 unspecified atom stereocenters. The van der Waals surface area contributed by atoms with Crippen LogP contribution in [-0.2, 0) is 0 Å². The molecule has 0 radical (unpaired) electrons. The number of rotatable bonds is 4. The van der Waals surface area contributed by atoms with Crippen molar-refractivity contribution in [3.63, 3.8) is 0 Å². The third kappa shape index (κ3) is 4.31. The van der Waals surface area contributed by atoms with Gasteiger partial charge in [0.25, 0.3) is 0 Å². The summed E-state index contributed by atoms with van der Waals surface area (Å²) in [6.45, 7) is 0. The lowest BCUT2D eigenvalue weighted by Crippen LogP contribution is -1.90. The van der Waals surface area contributed by atoms with Gasteiger partial charge < -0.3 is 0 Å². The highest BCUT2D eigenvalue weighted by Gasteiger charge is 2.16. The summed E-state index contributed by atoms with van der Waals surface area (Å²) < 4.78 is 74.7. The van der Waals surface area contributed by atoms with Crippen molar-refractivity contribution in [3.8, 4) is 44.5 Å². The molecule has 0 amide bonds. The van der Waals surface area contributed by atoms with Crippen LogP contribution in [0.25, 0.3) is 98.4 Å². The predicted octanol–water partition coefficient (Wildman–Crippen LogP) is 13.6. The molecule has 10 aromatic rings. The molecule has 0 bridgehead atoms. The Hall–Kier alpha value is -6.24.